The number of fused-ring (bicyclic) bond motifs is 1. The molecule has 3 aliphatic heterocycles. The lowest BCUT2D eigenvalue weighted by molar-refractivity contribution is -0.139. The number of anilines is 1. The van der Waals surface area contributed by atoms with Crippen LogP contribution in [0.25, 0.3) is 0 Å². The zero-order valence-corrected chi connectivity index (χ0v) is 18.9. The molecular weight excluding hydrogens is 440 g/mol. The van der Waals surface area contributed by atoms with Crippen molar-refractivity contribution in [2.24, 2.45) is 0 Å². The lowest BCUT2D eigenvalue weighted by atomic mass is 9.91. The largest absolute Gasteiger partial charge is 0.490 e. The molecule has 0 saturated carbocycles. The smallest absolute Gasteiger partial charge is 0.325 e. The summed E-state index contributed by atoms with van der Waals surface area (Å²) in [5.41, 5.74) is -0.729. The molecule has 4 heterocycles. The average molecular weight is 466 g/mol. The Labute approximate surface area is 196 Å². The van der Waals surface area contributed by atoms with Crippen molar-refractivity contribution >= 4 is 23.8 Å². The van der Waals surface area contributed by atoms with Crippen LogP contribution in [0.1, 0.15) is 18.9 Å². The van der Waals surface area contributed by atoms with Crippen molar-refractivity contribution in [3.8, 4) is 11.5 Å². The van der Waals surface area contributed by atoms with Crippen LogP contribution in [0.15, 0.2) is 36.7 Å². The minimum absolute atomic E-state index is 0.278. The third-order valence-electron chi connectivity index (χ3n) is 6.36. The maximum atomic E-state index is 13.3. The first-order valence-electron chi connectivity index (χ1n) is 11.3. The van der Waals surface area contributed by atoms with Crippen molar-refractivity contribution in [3.05, 3.63) is 42.2 Å². The fourth-order valence-corrected chi connectivity index (χ4v) is 4.36. The highest BCUT2D eigenvalue weighted by Crippen LogP contribution is 2.36. The molecule has 11 heteroatoms. The summed E-state index contributed by atoms with van der Waals surface area (Å²) in [4.78, 5) is 52.1. The Bertz CT molecular complexity index is 1100. The number of nitrogens with zero attached hydrogens (tertiary/aromatic N) is 5. The number of rotatable bonds is 4. The molecule has 1 atom stereocenters. The Hall–Kier alpha value is -3.89. The second-order valence-corrected chi connectivity index (χ2v) is 8.58. The number of carbonyl (C=O) groups excluding carboxylic acids is 3. The van der Waals surface area contributed by atoms with Gasteiger partial charge in [-0.15, -0.1) is 0 Å². The molecule has 0 bridgehead atoms. The van der Waals surface area contributed by atoms with E-state index in [0.717, 1.165) is 11.3 Å². The van der Waals surface area contributed by atoms with Crippen molar-refractivity contribution in [1.82, 2.24) is 25.1 Å². The number of carbonyl (C=O) groups is 3. The molecule has 2 fully saturated rings. The highest BCUT2D eigenvalue weighted by atomic mass is 16.5. The van der Waals surface area contributed by atoms with Crippen LogP contribution in [-0.2, 0) is 15.1 Å². The number of benzene rings is 1. The predicted octanol–water partition coefficient (Wildman–Crippen LogP) is 0.754. The van der Waals surface area contributed by atoms with Crippen molar-refractivity contribution < 1.29 is 23.9 Å². The van der Waals surface area contributed by atoms with Gasteiger partial charge in [-0.05, 0) is 30.7 Å². The fourth-order valence-electron chi connectivity index (χ4n) is 4.36. The molecule has 178 valence electrons. The van der Waals surface area contributed by atoms with Gasteiger partial charge in [-0.3, -0.25) is 14.5 Å². The van der Waals surface area contributed by atoms with Crippen LogP contribution in [0.2, 0.25) is 0 Å². The van der Waals surface area contributed by atoms with Gasteiger partial charge in [-0.25, -0.2) is 14.8 Å². The highest BCUT2D eigenvalue weighted by molar-refractivity contribution is 6.09. The Balaban J connectivity index is 1.25. The van der Waals surface area contributed by atoms with Gasteiger partial charge >= 0.3 is 6.03 Å². The number of imide groups is 1. The Kier molecular flexibility index (Phi) is 5.68. The number of ether oxygens (including phenoxy) is 2. The normalized spacial score (nSPS) is 22.4. The van der Waals surface area contributed by atoms with Gasteiger partial charge in [0.2, 0.25) is 11.9 Å². The molecule has 5 rings (SSSR count). The maximum absolute atomic E-state index is 13.3. The summed E-state index contributed by atoms with van der Waals surface area (Å²) in [5, 5.41) is 2.75. The first kappa shape index (κ1) is 21.9. The van der Waals surface area contributed by atoms with Gasteiger partial charge in [0, 0.05) is 45.0 Å². The molecule has 2 saturated heterocycles. The summed E-state index contributed by atoms with van der Waals surface area (Å²) in [7, 11) is 0. The summed E-state index contributed by atoms with van der Waals surface area (Å²) < 4.78 is 11.4. The Morgan fingerprint density at radius 2 is 1.76 bits per heavy atom. The van der Waals surface area contributed by atoms with Crippen molar-refractivity contribution in [2.75, 3.05) is 50.8 Å². The summed E-state index contributed by atoms with van der Waals surface area (Å²) in [6.07, 6.45) is 4.12. The molecule has 3 aliphatic rings. The number of amides is 4. The minimum atomic E-state index is -1.30. The van der Waals surface area contributed by atoms with Gasteiger partial charge in [0.25, 0.3) is 5.91 Å². The number of piperazine rings is 1. The first-order valence-corrected chi connectivity index (χ1v) is 11.3. The zero-order chi connectivity index (χ0) is 23.7. The molecule has 1 unspecified atom stereocenters. The number of urea groups is 1. The summed E-state index contributed by atoms with van der Waals surface area (Å²) in [6, 6.07) is 6.35. The molecule has 1 aromatic carbocycles. The molecule has 0 aliphatic carbocycles. The van der Waals surface area contributed by atoms with E-state index in [1.165, 1.54) is 0 Å². The van der Waals surface area contributed by atoms with Gasteiger partial charge in [-0.2, -0.15) is 0 Å². The van der Waals surface area contributed by atoms with E-state index < -0.39 is 17.5 Å². The lowest BCUT2D eigenvalue weighted by Gasteiger charge is -2.35. The molecule has 1 aromatic heterocycles. The number of aromatic nitrogens is 2. The third-order valence-corrected chi connectivity index (χ3v) is 6.36. The quantitative estimate of drug-likeness (QED) is 0.657. The molecule has 4 amide bonds. The maximum Gasteiger partial charge on any atom is 0.325 e. The Morgan fingerprint density at radius 3 is 2.50 bits per heavy atom. The van der Waals surface area contributed by atoms with Gasteiger partial charge in [0.1, 0.15) is 12.1 Å². The van der Waals surface area contributed by atoms with Crippen LogP contribution in [0.5, 0.6) is 11.5 Å². The SMILES string of the molecule is CC1(c2ccc3c(c2)OCCCO3)NC(=O)N(CC(=O)N2CCN(c3ncccn3)CC2)C1=O. The second-order valence-electron chi connectivity index (χ2n) is 8.58. The molecule has 11 nitrogen and oxygen atoms in total. The van der Waals surface area contributed by atoms with E-state index in [4.69, 9.17) is 9.47 Å². The van der Waals surface area contributed by atoms with Gasteiger partial charge in [0.15, 0.2) is 11.5 Å². The molecule has 34 heavy (non-hydrogen) atoms. The molecular formula is C23H26N6O5. The van der Waals surface area contributed by atoms with E-state index in [1.54, 1.807) is 48.5 Å². The number of hydrogen-bond acceptors (Lipinski definition) is 8. The molecule has 0 spiro atoms. The standard InChI is InChI=1S/C23H26N6O5/c1-23(16-4-5-17-18(14-16)34-13-3-12-33-17)20(31)29(22(32)26-23)15-19(30)27-8-10-28(11-9-27)21-24-6-2-7-25-21/h2,4-7,14H,3,8-13,15H2,1H3,(H,26,32). The summed E-state index contributed by atoms with van der Waals surface area (Å²) >= 11 is 0. The van der Waals surface area contributed by atoms with Crippen LogP contribution < -0.4 is 19.7 Å². The molecule has 0 radical (unpaired) electrons. The van der Waals surface area contributed by atoms with E-state index in [1.807, 2.05) is 4.90 Å². The van der Waals surface area contributed by atoms with Gasteiger partial charge in [-0.1, -0.05) is 6.07 Å². The van der Waals surface area contributed by atoms with E-state index in [-0.39, 0.29) is 12.5 Å². The lowest BCUT2D eigenvalue weighted by Crippen LogP contribution is -2.52. The van der Waals surface area contributed by atoms with Crippen molar-refractivity contribution in [2.45, 2.75) is 18.9 Å². The number of nitrogens with one attached hydrogen (secondary N) is 1. The predicted molar refractivity (Wildman–Crippen MR) is 120 cm³/mol. The summed E-state index contributed by atoms with van der Waals surface area (Å²) in [5.74, 6) is 1.01. The minimum Gasteiger partial charge on any atom is -0.490 e. The van der Waals surface area contributed by atoms with Crippen LogP contribution in [0.3, 0.4) is 0 Å². The van der Waals surface area contributed by atoms with Gasteiger partial charge in [0.05, 0.1) is 13.2 Å². The molecule has 1 N–H and O–H groups in total. The fraction of sp³-hybridized carbons (Fsp3) is 0.435. The highest BCUT2D eigenvalue weighted by Gasteiger charge is 2.50. The van der Waals surface area contributed by atoms with E-state index in [0.29, 0.717) is 62.4 Å². The van der Waals surface area contributed by atoms with E-state index in [9.17, 15) is 14.4 Å². The van der Waals surface area contributed by atoms with Crippen LogP contribution >= 0.6 is 0 Å². The Morgan fingerprint density at radius 1 is 1.06 bits per heavy atom. The van der Waals surface area contributed by atoms with Gasteiger partial charge < -0.3 is 24.6 Å². The van der Waals surface area contributed by atoms with E-state index in [2.05, 4.69) is 15.3 Å². The van der Waals surface area contributed by atoms with Crippen molar-refractivity contribution in [3.63, 3.8) is 0 Å². The average Bonchev–Trinajstić information content (AvgIpc) is 3.02. The zero-order valence-electron chi connectivity index (χ0n) is 18.9. The topological polar surface area (TPSA) is 117 Å². The second kappa shape index (κ2) is 8.81. The van der Waals surface area contributed by atoms with Crippen LogP contribution in [-0.4, -0.2) is 83.6 Å². The first-order chi connectivity index (χ1) is 16.5. The van der Waals surface area contributed by atoms with Crippen LogP contribution in [0.4, 0.5) is 10.7 Å². The van der Waals surface area contributed by atoms with E-state index >= 15 is 0 Å². The van der Waals surface area contributed by atoms with Crippen molar-refractivity contribution in [1.29, 1.82) is 0 Å². The monoisotopic (exact) mass is 466 g/mol. The van der Waals surface area contributed by atoms with Crippen LogP contribution in [0, 0.1) is 0 Å². The number of hydrogen-bond donors (Lipinski definition) is 1. The third kappa shape index (κ3) is 3.97. The summed E-state index contributed by atoms with van der Waals surface area (Å²) in [6.45, 7) is 4.46. The molecule has 2 aromatic rings.